The van der Waals surface area contributed by atoms with Gasteiger partial charge in [-0.1, -0.05) is 51.8 Å². The minimum Gasteiger partial charge on any atom is -0.354 e. The molecule has 0 aliphatic heterocycles. The van der Waals surface area contributed by atoms with Crippen LogP contribution in [0.25, 0.3) is 0 Å². The summed E-state index contributed by atoms with van der Waals surface area (Å²) in [6.07, 6.45) is 4.43. The molecule has 0 atom stereocenters. The topological polar surface area (TPSA) is 75.3 Å². The van der Waals surface area contributed by atoms with Crippen molar-refractivity contribution < 1.29 is 13.2 Å². The van der Waals surface area contributed by atoms with E-state index in [-0.39, 0.29) is 28.2 Å². The van der Waals surface area contributed by atoms with Gasteiger partial charge in [-0.15, -0.1) is 11.3 Å². The molecule has 0 unspecified atom stereocenters. The lowest BCUT2D eigenvalue weighted by Gasteiger charge is -2.28. The van der Waals surface area contributed by atoms with Crippen LogP contribution >= 0.6 is 11.3 Å². The number of thiophene rings is 1. The molecule has 5 nitrogen and oxygen atoms in total. The van der Waals surface area contributed by atoms with Crippen LogP contribution in [0.1, 0.15) is 56.9 Å². The monoisotopic (exact) mass is 434 g/mol. The Morgan fingerprint density at radius 1 is 1.10 bits per heavy atom. The van der Waals surface area contributed by atoms with Gasteiger partial charge in [0, 0.05) is 16.8 Å². The summed E-state index contributed by atoms with van der Waals surface area (Å²) in [5, 5.41) is 5.01. The third kappa shape index (κ3) is 5.27. The first-order valence-corrected chi connectivity index (χ1v) is 12.4. The number of hydrogen-bond acceptors (Lipinski definition) is 4. The fraction of sp³-hybridized carbons (Fsp3) is 0.500. The van der Waals surface area contributed by atoms with Crippen molar-refractivity contribution >= 4 is 27.3 Å². The van der Waals surface area contributed by atoms with E-state index in [1.807, 2.05) is 18.2 Å². The maximum absolute atomic E-state index is 12.5. The average Bonchev–Trinajstić information content (AvgIpc) is 3.37. The predicted molar refractivity (Wildman–Crippen MR) is 118 cm³/mol. The van der Waals surface area contributed by atoms with Gasteiger partial charge in [-0.2, -0.15) is 0 Å². The normalized spacial score (nSPS) is 16.7. The lowest BCUT2D eigenvalue weighted by molar-refractivity contribution is -0.120. The largest absolute Gasteiger partial charge is 0.354 e. The van der Waals surface area contributed by atoms with Gasteiger partial charge in [-0.25, -0.2) is 13.1 Å². The van der Waals surface area contributed by atoms with Gasteiger partial charge in [0.05, 0.1) is 11.4 Å². The second-order valence-corrected chi connectivity index (χ2v) is 11.6. The zero-order valence-electron chi connectivity index (χ0n) is 17.3. The minimum absolute atomic E-state index is 0.00844. The second-order valence-electron chi connectivity index (χ2n) is 8.84. The molecule has 1 aliphatic carbocycles. The smallest absolute Gasteiger partial charge is 0.241 e. The molecule has 7 heteroatoms. The van der Waals surface area contributed by atoms with Crippen LogP contribution in [0.2, 0.25) is 0 Å². The number of carbonyl (C=O) groups is 1. The first kappa shape index (κ1) is 22.0. The number of rotatable bonds is 7. The van der Waals surface area contributed by atoms with E-state index in [0.717, 1.165) is 31.2 Å². The third-order valence-corrected chi connectivity index (χ3v) is 8.22. The summed E-state index contributed by atoms with van der Waals surface area (Å²) in [7, 11) is -3.72. The van der Waals surface area contributed by atoms with Crippen LogP contribution in [-0.4, -0.2) is 27.4 Å². The van der Waals surface area contributed by atoms with Crippen molar-refractivity contribution in [2.45, 2.75) is 62.2 Å². The lowest BCUT2D eigenvalue weighted by Crippen LogP contribution is -2.43. The highest BCUT2D eigenvalue weighted by molar-refractivity contribution is 7.89. The molecule has 158 valence electrons. The molecule has 0 bridgehead atoms. The molecule has 1 aromatic carbocycles. The number of amides is 1. The summed E-state index contributed by atoms with van der Waals surface area (Å²) in [6.45, 7) is 6.52. The lowest BCUT2D eigenvalue weighted by atomic mass is 9.84. The van der Waals surface area contributed by atoms with Gasteiger partial charge in [0.25, 0.3) is 0 Å². The third-order valence-electron chi connectivity index (χ3n) is 5.68. The maximum atomic E-state index is 12.5. The summed E-state index contributed by atoms with van der Waals surface area (Å²) < 4.78 is 27.5. The summed E-state index contributed by atoms with van der Waals surface area (Å²) in [6, 6.07) is 11.0. The van der Waals surface area contributed by atoms with E-state index in [9.17, 15) is 13.2 Å². The summed E-state index contributed by atoms with van der Waals surface area (Å²) in [5.41, 5.74) is 1.00. The molecular weight excluding hydrogens is 404 g/mol. The molecule has 1 heterocycles. The molecule has 0 spiro atoms. The molecule has 2 N–H and O–H groups in total. The van der Waals surface area contributed by atoms with Gasteiger partial charge in [-0.05, 0) is 47.4 Å². The quantitative estimate of drug-likeness (QED) is 0.693. The zero-order chi connectivity index (χ0) is 21.1. The summed E-state index contributed by atoms with van der Waals surface area (Å²) in [5.74, 6) is -0.303. The first-order valence-electron chi connectivity index (χ1n) is 10.0. The molecular formula is C22H30N2O3S2. The van der Waals surface area contributed by atoms with Crippen molar-refractivity contribution in [3.8, 4) is 0 Å². The second kappa shape index (κ2) is 8.58. The van der Waals surface area contributed by atoms with Crippen LogP contribution in [0, 0.1) is 0 Å². The Bertz CT molecular complexity index is 921. The van der Waals surface area contributed by atoms with E-state index >= 15 is 0 Å². The van der Waals surface area contributed by atoms with E-state index < -0.39 is 10.0 Å². The first-order chi connectivity index (χ1) is 13.6. The van der Waals surface area contributed by atoms with Crippen molar-refractivity contribution in [2.75, 3.05) is 13.1 Å². The number of sulfonamides is 1. The van der Waals surface area contributed by atoms with Crippen LogP contribution in [0.3, 0.4) is 0 Å². The maximum Gasteiger partial charge on any atom is 0.241 e. The molecule has 1 aromatic heterocycles. The van der Waals surface area contributed by atoms with Crippen molar-refractivity contribution in [1.82, 2.24) is 10.0 Å². The Morgan fingerprint density at radius 3 is 2.31 bits per heavy atom. The van der Waals surface area contributed by atoms with Crippen molar-refractivity contribution in [3.05, 3.63) is 52.2 Å². The van der Waals surface area contributed by atoms with Crippen LogP contribution in [0.4, 0.5) is 0 Å². The van der Waals surface area contributed by atoms with Crippen LogP contribution in [0.15, 0.2) is 46.7 Å². The molecule has 0 saturated heterocycles. The zero-order valence-corrected chi connectivity index (χ0v) is 19.0. The number of hydrogen-bond donors (Lipinski definition) is 2. The Morgan fingerprint density at radius 2 is 1.76 bits per heavy atom. The highest BCUT2D eigenvalue weighted by Crippen LogP contribution is 2.42. The Balaban J connectivity index is 1.57. The van der Waals surface area contributed by atoms with E-state index in [1.165, 1.54) is 4.88 Å². The highest BCUT2D eigenvalue weighted by atomic mass is 32.2. The number of carbonyl (C=O) groups excluding carboxylic acids is 1. The van der Waals surface area contributed by atoms with E-state index in [1.54, 1.807) is 23.5 Å². The van der Waals surface area contributed by atoms with Crippen LogP contribution < -0.4 is 10.0 Å². The standard InChI is InChI=1S/C22H30N2O3S2/c1-21(2,3)17-8-10-18(11-9-17)29(26,27)24-15-20(25)23-16-22(12-4-5-13-22)19-7-6-14-28-19/h6-11,14,24H,4-5,12-13,15-16H2,1-3H3,(H,23,25). The summed E-state index contributed by atoms with van der Waals surface area (Å²) >= 11 is 1.73. The van der Waals surface area contributed by atoms with Crippen LogP contribution in [-0.2, 0) is 25.6 Å². The van der Waals surface area contributed by atoms with Gasteiger partial charge in [-0.3, -0.25) is 4.79 Å². The van der Waals surface area contributed by atoms with Crippen molar-refractivity contribution in [1.29, 1.82) is 0 Å². The highest BCUT2D eigenvalue weighted by Gasteiger charge is 2.36. The van der Waals surface area contributed by atoms with Gasteiger partial charge in [0.2, 0.25) is 15.9 Å². The van der Waals surface area contributed by atoms with Crippen molar-refractivity contribution in [2.24, 2.45) is 0 Å². The van der Waals surface area contributed by atoms with E-state index in [2.05, 4.69) is 42.3 Å². The number of benzene rings is 1. The SMILES string of the molecule is CC(C)(C)c1ccc(S(=O)(=O)NCC(=O)NCC2(c3cccs3)CCCC2)cc1. The predicted octanol–water partition coefficient (Wildman–Crippen LogP) is 3.95. The molecule has 0 radical (unpaired) electrons. The van der Waals surface area contributed by atoms with Crippen molar-refractivity contribution in [3.63, 3.8) is 0 Å². The molecule has 3 rings (SSSR count). The summed E-state index contributed by atoms with van der Waals surface area (Å²) in [4.78, 5) is 13.8. The molecule has 29 heavy (non-hydrogen) atoms. The fourth-order valence-corrected chi connectivity index (χ4v) is 5.82. The van der Waals surface area contributed by atoms with Crippen LogP contribution in [0.5, 0.6) is 0 Å². The molecule has 1 amide bonds. The van der Waals surface area contributed by atoms with E-state index in [0.29, 0.717) is 6.54 Å². The Labute approximate surface area is 178 Å². The minimum atomic E-state index is -3.72. The average molecular weight is 435 g/mol. The molecule has 1 aliphatic rings. The fourth-order valence-electron chi connectivity index (χ4n) is 3.85. The van der Waals surface area contributed by atoms with E-state index in [4.69, 9.17) is 0 Å². The molecule has 2 aromatic rings. The molecule has 1 saturated carbocycles. The van der Waals surface area contributed by atoms with Gasteiger partial charge >= 0.3 is 0 Å². The Kier molecular flexibility index (Phi) is 6.51. The van der Waals surface area contributed by atoms with Gasteiger partial charge in [0.15, 0.2) is 0 Å². The van der Waals surface area contributed by atoms with Gasteiger partial charge < -0.3 is 5.32 Å². The Hall–Kier alpha value is -1.70. The van der Waals surface area contributed by atoms with Gasteiger partial charge in [0.1, 0.15) is 0 Å². The number of nitrogens with one attached hydrogen (secondary N) is 2. The molecule has 1 fully saturated rings.